The zero-order valence-electron chi connectivity index (χ0n) is 20.2. The summed E-state index contributed by atoms with van der Waals surface area (Å²) in [6.07, 6.45) is -0.470. The fourth-order valence-electron chi connectivity index (χ4n) is 3.74. The highest BCUT2D eigenvalue weighted by Gasteiger charge is 2.49. The number of hydrogen-bond acceptors (Lipinski definition) is 4. The van der Waals surface area contributed by atoms with E-state index in [2.05, 4.69) is 85.4 Å². The molecule has 164 valence electrons. The van der Waals surface area contributed by atoms with Gasteiger partial charge in [0.25, 0.3) is 14.3 Å². The summed E-state index contributed by atoms with van der Waals surface area (Å²) in [6.45, 7) is 25.7. The van der Waals surface area contributed by atoms with Crippen molar-refractivity contribution in [1.29, 1.82) is 0 Å². The Balaban J connectivity index is 5.77. The molecule has 0 aliphatic rings. The van der Waals surface area contributed by atoms with Gasteiger partial charge in [0.2, 0.25) is 0 Å². The molecule has 0 amide bonds. The van der Waals surface area contributed by atoms with E-state index < -0.39 is 28.7 Å². The minimum Gasteiger partial charge on any atom is -0.518 e. The third kappa shape index (κ3) is 6.34. The van der Waals surface area contributed by atoms with Gasteiger partial charge in [-0.3, -0.25) is 4.79 Å². The second-order valence-electron chi connectivity index (χ2n) is 10.4. The Morgan fingerprint density at radius 3 is 1.75 bits per heavy atom. The third-order valence-corrected chi connectivity index (χ3v) is 17.0. The first-order valence-corrected chi connectivity index (χ1v) is 15.5. The Hall–Kier alpha value is -0.826. The van der Waals surface area contributed by atoms with E-state index in [0.717, 1.165) is 0 Å². The number of carbonyl (C=O) groups is 1. The molecule has 28 heavy (non-hydrogen) atoms. The lowest BCUT2D eigenvalue weighted by Crippen LogP contribution is -2.52. The number of carbonyl (C=O) groups excluding carboxylic acids is 1. The summed E-state index contributed by atoms with van der Waals surface area (Å²) in [5, 5.41) is 3.72. The van der Waals surface area contributed by atoms with Crippen LogP contribution < -0.4 is 0 Å². The summed E-state index contributed by atoms with van der Waals surface area (Å²) in [6, 6.07) is 0. The third-order valence-electron chi connectivity index (χ3n) is 6.49. The van der Waals surface area contributed by atoms with E-state index in [4.69, 9.17) is 14.4 Å². The summed E-state index contributed by atoms with van der Waals surface area (Å²) in [4.78, 5) is 16.1. The molecule has 8 heteroatoms. The molecule has 0 heterocycles. The standard InChI is InChI=1S/C20H43N3O3Si2/c1-14(2)28(15(3)4,16(5)6)26-19(24)17(7)18(13-22-23-21)25-27(11,12)20(8,9)10/h14-18H,13H2,1-12H3. The first-order chi connectivity index (χ1) is 12.5. The molecule has 0 rings (SSSR count). The van der Waals surface area contributed by atoms with Crippen molar-refractivity contribution in [2.45, 2.75) is 110 Å². The number of azide groups is 1. The Kier molecular flexibility index (Phi) is 9.97. The maximum atomic E-state index is 13.2. The molecule has 0 saturated carbocycles. The maximum absolute atomic E-state index is 13.2. The topological polar surface area (TPSA) is 84.3 Å². The van der Waals surface area contributed by atoms with Crippen molar-refractivity contribution in [3.05, 3.63) is 10.4 Å². The number of hydrogen-bond donors (Lipinski definition) is 0. The summed E-state index contributed by atoms with van der Waals surface area (Å²) in [5.41, 5.74) is 9.76. The van der Waals surface area contributed by atoms with E-state index in [9.17, 15) is 4.79 Å². The minimum atomic E-state index is -2.32. The highest BCUT2D eigenvalue weighted by molar-refractivity contribution is 6.79. The van der Waals surface area contributed by atoms with Gasteiger partial charge in [0.1, 0.15) is 0 Å². The van der Waals surface area contributed by atoms with Gasteiger partial charge in [-0.1, -0.05) is 67.4 Å². The van der Waals surface area contributed by atoms with Gasteiger partial charge in [-0.15, -0.1) is 0 Å². The van der Waals surface area contributed by atoms with E-state index in [-0.39, 0.29) is 17.6 Å². The summed E-state index contributed by atoms with van der Waals surface area (Å²) in [5.74, 6) is -0.706. The Morgan fingerprint density at radius 2 is 1.43 bits per heavy atom. The predicted octanol–water partition coefficient (Wildman–Crippen LogP) is 7.04. The van der Waals surface area contributed by atoms with E-state index in [1.807, 2.05) is 6.92 Å². The van der Waals surface area contributed by atoms with Gasteiger partial charge in [0.15, 0.2) is 8.32 Å². The van der Waals surface area contributed by atoms with Crippen LogP contribution in [0, 0.1) is 5.92 Å². The summed E-state index contributed by atoms with van der Waals surface area (Å²) < 4.78 is 12.8. The van der Waals surface area contributed by atoms with E-state index in [1.165, 1.54) is 0 Å². The van der Waals surface area contributed by atoms with Crippen molar-refractivity contribution in [2.75, 3.05) is 6.54 Å². The highest BCUT2D eigenvalue weighted by Crippen LogP contribution is 2.43. The van der Waals surface area contributed by atoms with E-state index in [1.54, 1.807) is 0 Å². The van der Waals surface area contributed by atoms with Crippen LogP contribution in [0.15, 0.2) is 5.11 Å². The highest BCUT2D eigenvalue weighted by atomic mass is 28.4. The number of rotatable bonds is 10. The second kappa shape index (κ2) is 10.3. The fraction of sp³-hybridized carbons (Fsp3) is 0.950. The van der Waals surface area contributed by atoms with Gasteiger partial charge in [0.05, 0.1) is 18.6 Å². The van der Waals surface area contributed by atoms with Crippen molar-refractivity contribution in [3.8, 4) is 0 Å². The smallest absolute Gasteiger partial charge is 0.297 e. The minimum absolute atomic E-state index is 0.00244. The molecule has 2 atom stereocenters. The quantitative estimate of drug-likeness (QED) is 0.161. The normalized spacial score (nSPS) is 15.5. The molecule has 6 nitrogen and oxygen atoms in total. The molecule has 0 aromatic heterocycles. The monoisotopic (exact) mass is 429 g/mol. The first-order valence-electron chi connectivity index (χ1n) is 10.5. The zero-order chi connectivity index (χ0) is 22.5. The Bertz CT molecular complexity index is 544. The van der Waals surface area contributed by atoms with Crippen molar-refractivity contribution < 1.29 is 13.6 Å². The van der Waals surface area contributed by atoms with Crippen LogP contribution in [0.4, 0.5) is 0 Å². The largest absolute Gasteiger partial charge is 0.518 e. The molecule has 0 bridgehead atoms. The van der Waals surface area contributed by atoms with Crippen LogP contribution in [0.1, 0.15) is 69.2 Å². The molecule has 0 saturated heterocycles. The Morgan fingerprint density at radius 1 is 1.00 bits per heavy atom. The zero-order valence-corrected chi connectivity index (χ0v) is 22.2. The van der Waals surface area contributed by atoms with Gasteiger partial charge < -0.3 is 8.85 Å². The van der Waals surface area contributed by atoms with Gasteiger partial charge in [-0.05, 0) is 47.2 Å². The first kappa shape index (κ1) is 27.2. The van der Waals surface area contributed by atoms with Crippen LogP contribution in [0.3, 0.4) is 0 Å². The van der Waals surface area contributed by atoms with Crippen LogP contribution in [-0.4, -0.2) is 35.3 Å². The van der Waals surface area contributed by atoms with Crippen molar-refractivity contribution in [3.63, 3.8) is 0 Å². The molecule has 0 N–H and O–H groups in total. The van der Waals surface area contributed by atoms with E-state index >= 15 is 0 Å². The number of nitrogens with zero attached hydrogens (tertiary/aromatic N) is 3. The van der Waals surface area contributed by atoms with Crippen LogP contribution in [0.2, 0.25) is 34.8 Å². The summed E-state index contributed by atoms with van der Waals surface area (Å²) in [7, 11) is -4.45. The molecule has 0 aliphatic carbocycles. The molecular weight excluding hydrogens is 386 g/mol. The van der Waals surface area contributed by atoms with Gasteiger partial charge in [-0.2, -0.15) is 0 Å². The lowest BCUT2D eigenvalue weighted by Gasteiger charge is -2.43. The van der Waals surface area contributed by atoms with Crippen molar-refractivity contribution in [2.24, 2.45) is 11.0 Å². The molecule has 0 aromatic carbocycles. The second-order valence-corrected chi connectivity index (χ2v) is 20.5. The van der Waals surface area contributed by atoms with Gasteiger partial charge in [-0.25, -0.2) is 0 Å². The predicted molar refractivity (Wildman–Crippen MR) is 122 cm³/mol. The van der Waals surface area contributed by atoms with Crippen LogP contribution >= 0.6 is 0 Å². The SMILES string of the molecule is CC(C(=O)O[Si](C(C)C)(C(C)C)C(C)C)C(CN=[N+]=[N-])O[Si](C)(C)C(C)(C)C. The maximum Gasteiger partial charge on any atom is 0.297 e. The van der Waals surface area contributed by atoms with Crippen LogP contribution in [-0.2, 0) is 13.6 Å². The van der Waals surface area contributed by atoms with Crippen molar-refractivity contribution >= 4 is 22.6 Å². The van der Waals surface area contributed by atoms with Crippen LogP contribution in [0.5, 0.6) is 0 Å². The molecular formula is C20H43N3O3Si2. The molecule has 0 aromatic rings. The summed E-state index contributed by atoms with van der Waals surface area (Å²) >= 11 is 0. The molecule has 0 radical (unpaired) electrons. The van der Waals surface area contributed by atoms with Gasteiger partial charge >= 0.3 is 0 Å². The average molecular weight is 430 g/mol. The van der Waals surface area contributed by atoms with Crippen molar-refractivity contribution in [1.82, 2.24) is 0 Å². The lowest BCUT2D eigenvalue weighted by atomic mass is 10.1. The average Bonchev–Trinajstić information content (AvgIpc) is 2.53. The Labute approximate surface area is 174 Å². The molecule has 0 aliphatic heterocycles. The van der Waals surface area contributed by atoms with Gasteiger partial charge in [0, 0.05) is 4.91 Å². The fourth-order valence-corrected chi connectivity index (χ4v) is 10.4. The van der Waals surface area contributed by atoms with Crippen LogP contribution in [0.25, 0.3) is 10.4 Å². The molecule has 0 fully saturated rings. The lowest BCUT2D eigenvalue weighted by molar-refractivity contribution is -0.142. The van der Waals surface area contributed by atoms with E-state index in [0.29, 0.717) is 16.6 Å². The molecule has 2 unspecified atom stereocenters. The molecule has 0 spiro atoms.